The van der Waals surface area contributed by atoms with Crippen molar-refractivity contribution >= 4 is 5.69 Å². The summed E-state index contributed by atoms with van der Waals surface area (Å²) >= 11 is 0. The third kappa shape index (κ3) is 3.97. The normalized spacial score (nSPS) is 23.6. The molecule has 1 aliphatic rings. The van der Waals surface area contributed by atoms with Gasteiger partial charge in [-0.05, 0) is 67.6 Å². The molecule has 0 atom stereocenters. The van der Waals surface area contributed by atoms with Crippen molar-refractivity contribution in [2.75, 3.05) is 11.9 Å². The van der Waals surface area contributed by atoms with E-state index in [0.29, 0.717) is 5.41 Å². The van der Waals surface area contributed by atoms with Gasteiger partial charge in [0.25, 0.3) is 0 Å². The van der Waals surface area contributed by atoms with Crippen molar-refractivity contribution in [1.29, 1.82) is 0 Å². The zero-order chi connectivity index (χ0) is 14.8. The summed E-state index contributed by atoms with van der Waals surface area (Å²) in [5.74, 6) is 1.43. The van der Waals surface area contributed by atoms with E-state index in [1.165, 1.54) is 31.7 Å². The van der Waals surface area contributed by atoms with E-state index in [-0.39, 0.29) is 5.82 Å². The van der Waals surface area contributed by atoms with Gasteiger partial charge in [0, 0.05) is 12.2 Å². The maximum atomic E-state index is 13.3. The molecule has 0 unspecified atom stereocenters. The van der Waals surface area contributed by atoms with Crippen LogP contribution in [0.1, 0.15) is 52.0 Å². The van der Waals surface area contributed by atoms with E-state index < -0.39 is 0 Å². The highest BCUT2D eigenvalue weighted by Gasteiger charge is 2.29. The average Bonchev–Trinajstić information content (AvgIpc) is 2.39. The first-order valence-corrected chi connectivity index (χ1v) is 7.86. The number of anilines is 1. The summed E-state index contributed by atoms with van der Waals surface area (Å²) in [6, 6.07) is 4.97. The van der Waals surface area contributed by atoms with Crippen LogP contribution in [0.4, 0.5) is 10.1 Å². The molecule has 1 N–H and O–H groups in total. The van der Waals surface area contributed by atoms with Gasteiger partial charge in [0.1, 0.15) is 5.82 Å². The fraction of sp³-hybridized carbons (Fsp3) is 0.667. The molecule has 0 amide bonds. The van der Waals surface area contributed by atoms with Gasteiger partial charge in [-0.3, -0.25) is 0 Å². The minimum absolute atomic E-state index is 0.158. The van der Waals surface area contributed by atoms with E-state index in [1.807, 2.05) is 13.0 Å². The number of rotatable bonds is 3. The lowest BCUT2D eigenvalue weighted by Gasteiger charge is -2.37. The van der Waals surface area contributed by atoms with E-state index in [0.717, 1.165) is 29.6 Å². The van der Waals surface area contributed by atoms with E-state index in [4.69, 9.17) is 0 Å². The molecule has 1 nitrogen and oxygen atoms in total. The molecule has 0 radical (unpaired) electrons. The number of hydrogen-bond acceptors (Lipinski definition) is 1. The highest BCUT2D eigenvalue weighted by molar-refractivity contribution is 5.50. The zero-order valence-electron chi connectivity index (χ0n) is 13.3. The van der Waals surface area contributed by atoms with Crippen LogP contribution in [0.2, 0.25) is 0 Å². The molecule has 0 saturated heterocycles. The molecule has 1 aromatic rings. The number of halogens is 1. The monoisotopic (exact) mass is 277 g/mol. The molecule has 0 bridgehead atoms. The highest BCUT2D eigenvalue weighted by Crippen LogP contribution is 2.39. The molecule has 112 valence electrons. The third-order valence-corrected chi connectivity index (χ3v) is 4.85. The van der Waals surface area contributed by atoms with Gasteiger partial charge >= 0.3 is 0 Å². The molecule has 1 saturated carbocycles. The maximum Gasteiger partial charge on any atom is 0.125 e. The second-order valence-corrected chi connectivity index (χ2v) is 7.42. The molecule has 2 heteroatoms. The quantitative estimate of drug-likeness (QED) is 0.780. The Labute approximate surface area is 123 Å². The number of hydrogen-bond donors (Lipinski definition) is 1. The lowest BCUT2D eigenvalue weighted by molar-refractivity contribution is 0.153. The van der Waals surface area contributed by atoms with E-state index in [2.05, 4.69) is 26.1 Å². The molecular weight excluding hydrogens is 249 g/mol. The summed E-state index contributed by atoms with van der Waals surface area (Å²) in [5.41, 5.74) is 2.51. The zero-order valence-corrected chi connectivity index (χ0v) is 13.3. The molecule has 0 aromatic heterocycles. The fourth-order valence-corrected chi connectivity index (χ4v) is 3.27. The fourth-order valence-electron chi connectivity index (χ4n) is 3.27. The van der Waals surface area contributed by atoms with Gasteiger partial charge in [0.2, 0.25) is 0 Å². The average molecular weight is 277 g/mol. The Morgan fingerprint density at radius 2 is 1.80 bits per heavy atom. The Hall–Kier alpha value is -1.05. The predicted octanol–water partition coefficient (Wildman–Crippen LogP) is 5.40. The van der Waals surface area contributed by atoms with Gasteiger partial charge in [0.15, 0.2) is 0 Å². The summed E-state index contributed by atoms with van der Waals surface area (Å²) in [5, 5.41) is 3.44. The molecule has 1 aromatic carbocycles. The highest BCUT2D eigenvalue weighted by atomic mass is 19.1. The van der Waals surface area contributed by atoms with Crippen LogP contribution >= 0.6 is 0 Å². The second kappa shape index (κ2) is 6.15. The first kappa shape index (κ1) is 15.3. The van der Waals surface area contributed by atoms with Crippen molar-refractivity contribution in [2.24, 2.45) is 17.3 Å². The Morgan fingerprint density at radius 1 is 1.15 bits per heavy atom. The van der Waals surface area contributed by atoms with Crippen LogP contribution in [-0.2, 0) is 0 Å². The summed E-state index contributed by atoms with van der Waals surface area (Å²) < 4.78 is 13.3. The first-order chi connectivity index (χ1) is 9.36. The van der Waals surface area contributed by atoms with E-state index >= 15 is 0 Å². The van der Waals surface area contributed by atoms with E-state index in [1.54, 1.807) is 6.07 Å². The molecule has 2 rings (SSSR count). The lowest BCUT2D eigenvalue weighted by Crippen LogP contribution is -2.28. The Morgan fingerprint density at radius 3 is 2.40 bits per heavy atom. The van der Waals surface area contributed by atoms with Crippen LogP contribution in [0.3, 0.4) is 0 Å². The van der Waals surface area contributed by atoms with Crippen molar-refractivity contribution in [1.82, 2.24) is 0 Å². The van der Waals surface area contributed by atoms with Crippen molar-refractivity contribution in [3.8, 4) is 0 Å². The third-order valence-electron chi connectivity index (χ3n) is 4.85. The summed E-state index contributed by atoms with van der Waals surface area (Å²) in [7, 11) is 0. The minimum atomic E-state index is -0.158. The topological polar surface area (TPSA) is 12.0 Å². The Bertz CT molecular complexity index is 439. The van der Waals surface area contributed by atoms with Gasteiger partial charge in [-0.15, -0.1) is 0 Å². The molecule has 1 fully saturated rings. The number of benzene rings is 1. The van der Waals surface area contributed by atoms with Crippen LogP contribution in [0.15, 0.2) is 18.2 Å². The summed E-state index contributed by atoms with van der Waals surface area (Å²) in [6.45, 7) is 10.1. The first-order valence-electron chi connectivity index (χ1n) is 7.86. The minimum Gasteiger partial charge on any atom is -0.384 e. The van der Waals surface area contributed by atoms with Crippen LogP contribution < -0.4 is 5.32 Å². The van der Waals surface area contributed by atoms with Crippen LogP contribution in [-0.4, -0.2) is 6.54 Å². The SMILES string of the molecule is Cc1ccc(F)cc1NCC1CCC(C(C)(C)C)CC1. The van der Waals surface area contributed by atoms with Crippen molar-refractivity contribution in [3.05, 3.63) is 29.6 Å². The van der Waals surface area contributed by atoms with Crippen molar-refractivity contribution in [2.45, 2.75) is 53.4 Å². The Balaban J connectivity index is 1.83. The maximum absolute atomic E-state index is 13.3. The standard InChI is InChI=1S/C18H28FN/c1-13-5-10-16(19)11-17(13)20-12-14-6-8-15(9-7-14)18(2,3)4/h5,10-11,14-15,20H,6-9,12H2,1-4H3. The summed E-state index contributed by atoms with van der Waals surface area (Å²) in [4.78, 5) is 0. The number of aryl methyl sites for hydroxylation is 1. The van der Waals surface area contributed by atoms with Gasteiger partial charge in [-0.25, -0.2) is 4.39 Å². The lowest BCUT2D eigenvalue weighted by atomic mass is 9.70. The van der Waals surface area contributed by atoms with Crippen LogP contribution in [0.25, 0.3) is 0 Å². The smallest absolute Gasteiger partial charge is 0.125 e. The van der Waals surface area contributed by atoms with Crippen molar-refractivity contribution < 1.29 is 4.39 Å². The molecular formula is C18H28FN. The summed E-state index contributed by atoms with van der Waals surface area (Å²) in [6.07, 6.45) is 5.25. The van der Waals surface area contributed by atoms with Gasteiger partial charge < -0.3 is 5.32 Å². The largest absolute Gasteiger partial charge is 0.384 e. The van der Waals surface area contributed by atoms with Crippen molar-refractivity contribution in [3.63, 3.8) is 0 Å². The molecule has 0 heterocycles. The Kier molecular flexibility index (Phi) is 4.72. The van der Waals surface area contributed by atoms with Gasteiger partial charge in [-0.2, -0.15) is 0 Å². The second-order valence-electron chi connectivity index (χ2n) is 7.42. The van der Waals surface area contributed by atoms with Gasteiger partial charge in [-0.1, -0.05) is 26.8 Å². The predicted molar refractivity (Wildman–Crippen MR) is 84.5 cm³/mol. The van der Waals surface area contributed by atoms with Crippen LogP contribution in [0, 0.1) is 30.0 Å². The van der Waals surface area contributed by atoms with Gasteiger partial charge in [0.05, 0.1) is 0 Å². The molecule has 0 spiro atoms. The molecule has 0 aliphatic heterocycles. The number of nitrogens with one attached hydrogen (secondary N) is 1. The molecule has 20 heavy (non-hydrogen) atoms. The molecule has 1 aliphatic carbocycles. The van der Waals surface area contributed by atoms with Crippen LogP contribution in [0.5, 0.6) is 0 Å². The van der Waals surface area contributed by atoms with E-state index in [9.17, 15) is 4.39 Å².